The van der Waals surface area contributed by atoms with Gasteiger partial charge in [0.15, 0.2) is 0 Å². The minimum absolute atomic E-state index is 0.0468. The Labute approximate surface area is 243 Å². The van der Waals surface area contributed by atoms with Gasteiger partial charge in [-0.2, -0.15) is 0 Å². The third kappa shape index (κ3) is 7.77. The number of likely N-dealkylation sites (tertiary alicyclic amines) is 1. The van der Waals surface area contributed by atoms with E-state index in [1.54, 1.807) is 0 Å². The summed E-state index contributed by atoms with van der Waals surface area (Å²) in [4.78, 5) is 34.8. The maximum absolute atomic E-state index is 13.1. The van der Waals surface area contributed by atoms with Crippen molar-refractivity contribution < 1.29 is 19.4 Å². The number of hydrogen-bond donors (Lipinski definition) is 3. The van der Waals surface area contributed by atoms with E-state index < -0.39 is 11.9 Å². The van der Waals surface area contributed by atoms with Gasteiger partial charge in [0.05, 0.1) is 24.0 Å². The summed E-state index contributed by atoms with van der Waals surface area (Å²) in [6.45, 7) is 9.98. The van der Waals surface area contributed by atoms with Crippen LogP contribution in [0.2, 0.25) is 0 Å². The van der Waals surface area contributed by atoms with Crippen LogP contribution in [0.25, 0.3) is 0 Å². The highest BCUT2D eigenvalue weighted by Crippen LogP contribution is 2.27. The molecule has 0 bridgehead atoms. The predicted octanol–water partition coefficient (Wildman–Crippen LogP) is 3.68. The number of nitrogens with zero attached hydrogens (tertiary/aromatic N) is 3. The Morgan fingerprint density at radius 3 is 2.93 bits per heavy atom. The molecule has 1 aromatic carbocycles. The van der Waals surface area contributed by atoms with E-state index >= 15 is 0 Å². The Bertz CT molecular complexity index is 1220. The highest BCUT2D eigenvalue weighted by Gasteiger charge is 2.30. The van der Waals surface area contributed by atoms with Crippen LogP contribution in [0.3, 0.4) is 0 Å². The normalized spacial score (nSPS) is 21.4. The zero-order chi connectivity index (χ0) is 28.8. The third-order valence-corrected chi connectivity index (χ3v) is 8.58. The lowest BCUT2D eigenvalue weighted by atomic mass is 9.95. The average molecular weight is 564 g/mol. The quantitative estimate of drug-likeness (QED) is 0.402. The number of benzene rings is 1. The molecule has 3 N–H and O–H groups in total. The summed E-state index contributed by atoms with van der Waals surface area (Å²) in [6.07, 6.45) is 5.98. The molecule has 3 aliphatic heterocycles. The summed E-state index contributed by atoms with van der Waals surface area (Å²) in [6, 6.07) is 12.1. The van der Waals surface area contributed by atoms with E-state index in [0.717, 1.165) is 88.4 Å². The van der Waals surface area contributed by atoms with Gasteiger partial charge in [0.2, 0.25) is 5.91 Å². The van der Waals surface area contributed by atoms with E-state index in [1.165, 1.54) is 5.56 Å². The summed E-state index contributed by atoms with van der Waals surface area (Å²) in [7, 11) is 0. The van der Waals surface area contributed by atoms with Gasteiger partial charge in [0, 0.05) is 44.1 Å². The molecule has 3 aliphatic rings. The van der Waals surface area contributed by atoms with Gasteiger partial charge >= 0.3 is 5.97 Å². The predicted molar refractivity (Wildman–Crippen MR) is 161 cm³/mol. The molecular formula is C32H45N5O4. The summed E-state index contributed by atoms with van der Waals surface area (Å²) in [5.41, 5.74) is 3.86. The summed E-state index contributed by atoms with van der Waals surface area (Å²) in [5.74, 6) is -0.854. The molecule has 0 unspecified atom stereocenters. The van der Waals surface area contributed by atoms with Crippen LogP contribution in [0.4, 0.5) is 11.5 Å². The first-order valence-electron chi connectivity index (χ1n) is 15.2. The minimum atomic E-state index is -0.930. The Hall–Kier alpha value is -3.17. The van der Waals surface area contributed by atoms with Crippen molar-refractivity contribution in [1.29, 1.82) is 0 Å². The number of piperidine rings is 1. The molecule has 4 heterocycles. The molecule has 2 atom stereocenters. The number of carbonyl (C=O) groups is 2. The van der Waals surface area contributed by atoms with Gasteiger partial charge in [0.1, 0.15) is 5.82 Å². The molecule has 1 aromatic heterocycles. The molecule has 5 rings (SSSR count). The Morgan fingerprint density at radius 2 is 2.10 bits per heavy atom. The molecule has 2 saturated heterocycles. The first-order chi connectivity index (χ1) is 19.8. The zero-order valence-corrected chi connectivity index (χ0v) is 24.5. The van der Waals surface area contributed by atoms with Crippen LogP contribution in [-0.2, 0) is 27.2 Å². The van der Waals surface area contributed by atoms with Crippen LogP contribution in [0.15, 0.2) is 36.4 Å². The molecule has 222 valence electrons. The van der Waals surface area contributed by atoms with Gasteiger partial charge in [-0.15, -0.1) is 0 Å². The highest BCUT2D eigenvalue weighted by atomic mass is 16.5. The molecule has 1 amide bonds. The first-order valence-corrected chi connectivity index (χ1v) is 15.2. The number of hydrogen-bond acceptors (Lipinski definition) is 7. The number of pyridine rings is 1. The van der Waals surface area contributed by atoms with Crippen molar-refractivity contribution in [3.05, 3.63) is 53.2 Å². The molecular weight excluding hydrogens is 518 g/mol. The average Bonchev–Trinajstić information content (AvgIpc) is 2.97. The number of anilines is 2. The molecule has 0 radical (unpaired) electrons. The van der Waals surface area contributed by atoms with Crippen LogP contribution in [0.5, 0.6) is 0 Å². The van der Waals surface area contributed by atoms with Crippen molar-refractivity contribution in [2.45, 2.75) is 63.9 Å². The van der Waals surface area contributed by atoms with E-state index in [-0.39, 0.29) is 24.0 Å². The maximum atomic E-state index is 13.1. The lowest BCUT2D eigenvalue weighted by Crippen LogP contribution is -2.48. The van der Waals surface area contributed by atoms with Gasteiger partial charge in [-0.25, -0.2) is 4.98 Å². The monoisotopic (exact) mass is 563 g/mol. The standard InChI is InChI=1S/C32H45N5O4/c1-32(2)22-37(17-18-41-32)27-11-3-7-24(19-27)28(31(39)40)20-34-30(38)25-9-5-15-36(21-25)16-6-10-26-13-12-23-8-4-14-33-29(23)35-26/h3,7,11-13,19,25,28H,4-6,8-10,14-18,20-22H2,1-2H3,(H,33,35)(H,34,38)(H,39,40)/t25-,28-/m1/s1. The fraction of sp³-hybridized carbons (Fsp3) is 0.594. The number of amides is 1. The van der Waals surface area contributed by atoms with Crippen molar-refractivity contribution in [3.63, 3.8) is 0 Å². The van der Waals surface area contributed by atoms with Gasteiger partial charge in [-0.3, -0.25) is 9.59 Å². The summed E-state index contributed by atoms with van der Waals surface area (Å²) < 4.78 is 5.83. The van der Waals surface area contributed by atoms with E-state index in [1.807, 2.05) is 24.3 Å². The largest absolute Gasteiger partial charge is 0.481 e. The number of nitrogens with one attached hydrogen (secondary N) is 2. The van der Waals surface area contributed by atoms with Crippen molar-refractivity contribution in [2.24, 2.45) is 5.92 Å². The van der Waals surface area contributed by atoms with Crippen LogP contribution in [0.1, 0.15) is 62.3 Å². The van der Waals surface area contributed by atoms with Crippen molar-refractivity contribution in [2.75, 3.05) is 62.6 Å². The van der Waals surface area contributed by atoms with Gasteiger partial charge in [-0.05, 0) is 94.8 Å². The van der Waals surface area contributed by atoms with E-state index in [2.05, 4.69) is 46.4 Å². The molecule has 0 aliphatic carbocycles. The first kappa shape index (κ1) is 29.3. The van der Waals surface area contributed by atoms with Gasteiger partial charge < -0.3 is 30.3 Å². The van der Waals surface area contributed by atoms with Crippen molar-refractivity contribution >= 4 is 23.4 Å². The molecule has 9 nitrogen and oxygen atoms in total. The molecule has 9 heteroatoms. The second-order valence-electron chi connectivity index (χ2n) is 12.3. The topological polar surface area (TPSA) is 107 Å². The number of carbonyl (C=O) groups excluding carboxylic acids is 1. The van der Waals surface area contributed by atoms with Gasteiger partial charge in [0.25, 0.3) is 0 Å². The lowest BCUT2D eigenvalue weighted by Gasteiger charge is -2.39. The number of carboxylic acid groups (broad SMARTS) is 1. The third-order valence-electron chi connectivity index (χ3n) is 8.58. The second kappa shape index (κ2) is 13.2. The molecule has 0 saturated carbocycles. The summed E-state index contributed by atoms with van der Waals surface area (Å²) in [5, 5.41) is 16.4. The van der Waals surface area contributed by atoms with Crippen LogP contribution >= 0.6 is 0 Å². The van der Waals surface area contributed by atoms with Crippen molar-refractivity contribution in [1.82, 2.24) is 15.2 Å². The molecule has 2 aromatic rings. The summed E-state index contributed by atoms with van der Waals surface area (Å²) >= 11 is 0. The van der Waals surface area contributed by atoms with Gasteiger partial charge in [-0.1, -0.05) is 18.2 Å². The number of carboxylic acids is 1. The lowest BCUT2D eigenvalue weighted by molar-refractivity contribution is -0.138. The molecule has 0 spiro atoms. The Balaban J connectivity index is 1.11. The number of rotatable bonds is 10. The second-order valence-corrected chi connectivity index (χ2v) is 12.3. The Kier molecular flexibility index (Phi) is 9.45. The fourth-order valence-electron chi connectivity index (χ4n) is 6.33. The smallest absolute Gasteiger partial charge is 0.312 e. The van der Waals surface area contributed by atoms with E-state index in [9.17, 15) is 14.7 Å². The fourth-order valence-corrected chi connectivity index (χ4v) is 6.33. The van der Waals surface area contributed by atoms with Crippen LogP contribution in [0, 0.1) is 5.92 Å². The van der Waals surface area contributed by atoms with Crippen LogP contribution in [-0.4, -0.2) is 84.9 Å². The zero-order valence-electron chi connectivity index (χ0n) is 24.5. The van der Waals surface area contributed by atoms with Crippen molar-refractivity contribution in [3.8, 4) is 0 Å². The van der Waals surface area contributed by atoms with E-state index in [4.69, 9.17) is 9.72 Å². The number of aromatic nitrogens is 1. The van der Waals surface area contributed by atoms with E-state index in [0.29, 0.717) is 18.7 Å². The number of aryl methyl sites for hydroxylation is 2. The number of fused-ring (bicyclic) bond motifs is 1. The van der Waals surface area contributed by atoms with Crippen LogP contribution < -0.4 is 15.5 Å². The Morgan fingerprint density at radius 1 is 1.22 bits per heavy atom. The molecule has 2 fully saturated rings. The SMILES string of the molecule is CC1(C)CN(c2cccc([C@@H](CNC(=O)[C@@H]3CCCN(CCCc4ccc5c(n4)NCCC5)C3)C(=O)O)c2)CCO1. The maximum Gasteiger partial charge on any atom is 0.312 e. The molecule has 41 heavy (non-hydrogen) atoms. The number of aliphatic carboxylic acids is 1. The highest BCUT2D eigenvalue weighted by molar-refractivity contribution is 5.81. The number of ether oxygens (including phenoxy) is 1. The number of morpholine rings is 1. The minimum Gasteiger partial charge on any atom is -0.481 e.